The number of quaternary nitrogens is 1. The first kappa shape index (κ1) is 105. The number of pyridine rings is 3. The minimum absolute atomic E-state index is 0. The molecular weight excluding hydrogens is 1980 g/mol. The van der Waals surface area contributed by atoms with E-state index in [1.807, 2.05) is 21.1 Å². The van der Waals surface area contributed by atoms with Crippen LogP contribution in [0.25, 0.3) is 44.2 Å². The molecule has 0 radical (unpaired) electrons. The minimum Gasteiger partial charge on any atom is -1.00 e. The number of benzene rings is 5. The number of ether oxygens (including phenoxy) is 2. The number of hydrogen-bond donors (Lipinski definition) is 13. The summed E-state index contributed by atoms with van der Waals surface area (Å²) in [7, 11) is -16.4. The molecule has 2 fully saturated rings. The van der Waals surface area contributed by atoms with Gasteiger partial charge in [0.15, 0.2) is 46.8 Å². The molecule has 5 aromatic carbocycles. The zero-order chi connectivity index (χ0) is 92.3. The van der Waals surface area contributed by atoms with E-state index in [9.17, 15) is 74.0 Å². The average molecular weight is 2060 g/mol. The molecule has 2 unspecified atom stereocenters. The van der Waals surface area contributed by atoms with Gasteiger partial charge in [0.05, 0.1) is 66.2 Å². The van der Waals surface area contributed by atoms with E-state index < -0.39 is 153 Å². The summed E-state index contributed by atoms with van der Waals surface area (Å²) in [5, 5.41) is 43.1. The highest BCUT2D eigenvalue weighted by Crippen LogP contribution is 2.36. The van der Waals surface area contributed by atoms with Crippen molar-refractivity contribution in [3.05, 3.63) is 199 Å². The smallest absolute Gasteiger partial charge is 0.488 e. The highest BCUT2D eigenvalue weighted by atomic mass is 79.9. The van der Waals surface area contributed by atoms with Crippen LogP contribution in [0.4, 0.5) is 43.4 Å². The Hall–Kier alpha value is -8.90. The van der Waals surface area contributed by atoms with Gasteiger partial charge in [0.25, 0.3) is 29.7 Å². The summed E-state index contributed by atoms with van der Waals surface area (Å²) in [5.74, 6) is -10.3. The van der Waals surface area contributed by atoms with E-state index >= 15 is 8.78 Å². The normalized spacial score (nSPS) is 14.1. The molecule has 0 saturated carbocycles. The Kier molecular flexibility index (Phi) is 38.3. The number of fused-ring (bicyclic) bond motifs is 3. The fourth-order valence-electron chi connectivity index (χ4n) is 11.2. The summed E-state index contributed by atoms with van der Waals surface area (Å²) in [6.45, 7) is 9.22. The quantitative estimate of drug-likeness (QED) is 0.0114. The molecule has 678 valence electrons. The van der Waals surface area contributed by atoms with E-state index in [1.165, 1.54) is 83.3 Å². The molecule has 6 aromatic heterocycles. The van der Waals surface area contributed by atoms with Gasteiger partial charge in [-0.2, -0.15) is 58.4 Å². The topological polar surface area (TPSA) is 604 Å². The minimum atomic E-state index is -4.19. The molecule has 11 aromatic rings. The van der Waals surface area contributed by atoms with Gasteiger partial charge in [0.1, 0.15) is 34.5 Å². The third kappa shape index (κ3) is 29.3. The number of hydrogen-bond acceptors (Lipinski definition) is 26. The second-order valence-corrected chi connectivity index (χ2v) is 37.8. The van der Waals surface area contributed by atoms with Gasteiger partial charge in [-0.3, -0.25) is 33.5 Å². The Morgan fingerprint density at radius 3 is 1.32 bits per heavy atom. The van der Waals surface area contributed by atoms with Crippen LogP contribution in [0.2, 0.25) is 0 Å². The number of ketones is 3. The van der Waals surface area contributed by atoms with Crippen molar-refractivity contribution < 1.29 is 133 Å². The molecule has 0 amide bonds. The fourth-order valence-corrected chi connectivity index (χ4v) is 15.4. The largest absolute Gasteiger partial charge is 1.00 e. The number of primary sulfonamides is 2. The van der Waals surface area contributed by atoms with Crippen molar-refractivity contribution in [1.82, 2.24) is 58.9 Å². The standard InChI is InChI=1S/C21H18F2N6O5S2.C20H20BrF2N5O4S.C18H15BrF2N4O2.C6H8BNO4S.C2H6ClNO2S.C2H7N.ClHO3S.ClH/c1-2-26-36(33,34)29-16-8-7-15(22)17(18(16)23)20(30)19-14-9-12(10-25-21(14)28-27-19)11-3-5-13(6-4-11)35(24,31)32;1-2-25-33(30,31)27-14-7-6-13(22)16(17(14)23)19(29)18-12-9-11(21)10-24-20(12)28(26-18)15-5-3-4-8-32-15;19-9-7-10-16(17(26)14-11(20)4-5-12(22)15(14)21)24-25(18(10)23-8-9)13-3-1-2-6-27-13;8-13(11,12)6-3-1-5(2-4-6)7(9)10;1-2-4-7(3,5)6;1-2-3;1-5(2,3)4;/h3-10,26,29H,2H2,1H3,(H2,24,31,32)(H,25,27,28);6-7,9-10,15,25,27H,2-5,8H2,1H3;4-5,7-8,13H,1-3,6,22H2;1-4,9-10H,(H2,8,11,12);4H,2H2,1H3;2-3H2,1H3;(H,2,3,4);1H. The lowest BCUT2D eigenvalue weighted by molar-refractivity contribution is -0.361. The molecule has 2 saturated heterocycles. The molecule has 18 N–H and O–H groups in total. The maximum absolute atomic E-state index is 15.2. The molecule has 8 heterocycles. The molecule has 2 aliphatic heterocycles. The Balaban J connectivity index is 0.000000251. The highest BCUT2D eigenvalue weighted by Gasteiger charge is 2.34. The zero-order valence-corrected chi connectivity index (χ0v) is 75.5. The Morgan fingerprint density at radius 2 is 0.952 bits per heavy atom. The highest BCUT2D eigenvalue weighted by molar-refractivity contribution is 9.10. The van der Waals surface area contributed by atoms with Crippen LogP contribution in [-0.4, -0.2) is 174 Å². The number of nitrogens with one attached hydrogen (secondary N) is 6. The van der Waals surface area contributed by atoms with Gasteiger partial charge in [0.2, 0.25) is 37.4 Å². The Morgan fingerprint density at radius 1 is 0.560 bits per heavy atom. The van der Waals surface area contributed by atoms with Crippen molar-refractivity contribution in [2.75, 3.05) is 54.6 Å². The number of nitrogens with two attached hydrogens (primary N) is 3. The molecule has 0 aliphatic carbocycles. The van der Waals surface area contributed by atoms with Gasteiger partial charge in [-0.15, -0.1) is 0 Å². The first-order valence-electron chi connectivity index (χ1n) is 35.8. The van der Waals surface area contributed by atoms with Gasteiger partial charge in [0, 0.05) is 87.3 Å². The maximum Gasteiger partial charge on any atom is 0.488 e. The molecule has 38 nitrogen and oxygen atoms in total. The first-order chi connectivity index (χ1) is 58.0. The summed E-state index contributed by atoms with van der Waals surface area (Å²) in [6.07, 6.45) is 8.70. The number of rotatable bonds is 22. The van der Waals surface area contributed by atoms with Gasteiger partial charge < -0.3 is 43.4 Å². The maximum atomic E-state index is 15.2. The zero-order valence-electron chi connectivity index (χ0n) is 65.2. The van der Waals surface area contributed by atoms with Crippen molar-refractivity contribution in [1.29, 1.82) is 0 Å². The number of halogens is 11. The molecular formula is C69H76BBr2Cl3F6N18O20S6. The van der Waals surface area contributed by atoms with Gasteiger partial charge in [-0.05, 0) is 167 Å². The summed E-state index contributed by atoms with van der Waals surface area (Å²) in [6, 6.07) is 20.6. The van der Waals surface area contributed by atoms with Crippen LogP contribution in [0.15, 0.2) is 140 Å². The molecule has 13 rings (SSSR count). The molecule has 125 heavy (non-hydrogen) atoms. The van der Waals surface area contributed by atoms with Crippen molar-refractivity contribution in [2.24, 2.45) is 10.3 Å². The van der Waals surface area contributed by atoms with Crippen LogP contribution in [0.3, 0.4) is 0 Å². The molecule has 0 spiro atoms. The van der Waals surface area contributed by atoms with E-state index in [1.54, 1.807) is 32.2 Å². The fraction of sp³-hybridized carbons (Fsp3) is 0.261. The second-order valence-electron chi connectivity index (χ2n) is 25.5. The van der Waals surface area contributed by atoms with E-state index in [-0.39, 0.29) is 86.2 Å². The molecule has 2 atom stereocenters. The SMILES string of the molecule is CCNS(=O)(=O)Cl.CCNS(=O)(=O)Nc1ccc(F)c(C(=O)c2[nH]nc3ncc(-c4ccc(S(N)(=O)=O)cc4)cc23)c1F.CCNS(=O)(=O)Nc1ccc(F)c(C(=O)c2nn(C3CCCCO3)c3ncc(Br)cc23)c1F.CC[NH3+].NS(=O)(=O)c1ccc(B(O)O)cc1.Nc1ccc(F)c(C(=O)c2nn(C3CCCCO3)c3ncc(Br)cc23)c1F.O=S(=O)(O)Cl.[Cl-]. The summed E-state index contributed by atoms with van der Waals surface area (Å²) < 4.78 is 251. The first-order valence-corrected chi connectivity index (χ1v) is 48.0. The van der Waals surface area contributed by atoms with E-state index in [2.05, 4.69) is 93.1 Å². The lowest BCUT2D eigenvalue weighted by atomic mass is 9.81. The van der Waals surface area contributed by atoms with E-state index in [4.69, 9.17) is 59.2 Å². The molecule has 2 aliphatic rings. The van der Waals surface area contributed by atoms with Crippen LogP contribution < -0.4 is 63.2 Å². The van der Waals surface area contributed by atoms with E-state index in [0.717, 1.165) is 68.6 Å². The number of aromatic amines is 1. The number of sulfonamides is 2. The van der Waals surface area contributed by atoms with Crippen LogP contribution >= 0.6 is 53.2 Å². The third-order valence-corrected chi connectivity index (χ3v) is 22.4. The van der Waals surface area contributed by atoms with Crippen LogP contribution in [0, 0.1) is 34.9 Å². The van der Waals surface area contributed by atoms with E-state index in [0.29, 0.717) is 69.4 Å². The monoisotopic (exact) mass is 2060 g/mol. The van der Waals surface area contributed by atoms with Crippen molar-refractivity contribution >= 4 is 192 Å². The van der Waals surface area contributed by atoms with Crippen LogP contribution in [0.5, 0.6) is 0 Å². The molecule has 56 heteroatoms. The molecule has 0 bridgehead atoms. The van der Waals surface area contributed by atoms with Crippen molar-refractivity contribution in [3.8, 4) is 11.1 Å². The van der Waals surface area contributed by atoms with Crippen molar-refractivity contribution in [3.63, 3.8) is 0 Å². The van der Waals surface area contributed by atoms with Crippen molar-refractivity contribution in [2.45, 2.75) is 88.5 Å². The lowest BCUT2D eigenvalue weighted by Crippen LogP contribution is -3.00. The Labute approximate surface area is 742 Å². The summed E-state index contributed by atoms with van der Waals surface area (Å²) >= 11 is 6.60. The number of nitrogens with zero attached hydrogens (tertiary/aromatic N) is 8. The summed E-state index contributed by atoms with van der Waals surface area (Å²) in [5.41, 5.74) is 6.23. The summed E-state index contributed by atoms with van der Waals surface area (Å²) in [4.78, 5) is 52.1. The van der Waals surface area contributed by atoms with Crippen LogP contribution in [-0.2, 0) is 68.5 Å². The number of aromatic nitrogens is 9. The number of carbonyl (C=O) groups is 3. The predicted molar refractivity (Wildman–Crippen MR) is 452 cm³/mol. The van der Waals surface area contributed by atoms with Gasteiger partial charge in [-0.1, -0.05) is 45.0 Å². The predicted octanol–water partition coefficient (Wildman–Crippen LogP) is 4.07. The van der Waals surface area contributed by atoms with Gasteiger partial charge >= 0.3 is 16.5 Å². The number of H-pyrrole nitrogens is 1. The number of nitrogen functional groups attached to an aromatic ring is 1. The third-order valence-electron chi connectivity index (χ3n) is 16.4. The Bertz CT molecular complexity index is 6460. The van der Waals surface area contributed by atoms with Crippen LogP contribution in [0.1, 0.15) is 127 Å². The van der Waals surface area contributed by atoms with Gasteiger partial charge in [-0.25, -0.2) is 82.5 Å². The average Bonchev–Trinajstić information content (AvgIpc) is 1.63. The number of carbonyl (C=O) groups excluding carboxylic acids is 3. The lowest BCUT2D eigenvalue weighted by Gasteiger charge is -2.22. The number of anilines is 3. The second kappa shape index (κ2) is 45.7.